The minimum Gasteiger partial charge on any atom is -0.549 e. The van der Waals surface area contributed by atoms with E-state index in [0.717, 1.165) is 163 Å². The number of carbonyl (C=O) groups excluding carboxylic acids is 29. The van der Waals surface area contributed by atoms with Crippen molar-refractivity contribution in [3.63, 3.8) is 0 Å². The van der Waals surface area contributed by atoms with Gasteiger partial charge in [0.25, 0.3) is 23.6 Å². The number of esters is 20. The van der Waals surface area contributed by atoms with Crippen molar-refractivity contribution in [1.29, 1.82) is 0 Å². The number of nitrogens with zero attached hydrogens (tertiary/aromatic N) is 5. The van der Waals surface area contributed by atoms with Gasteiger partial charge in [-0.1, -0.05) is 0 Å². The standard InChI is InChI=1S/C86H125N9O52.Gd/c1-42(96)128-38-62(132-46(5)100)71(136-50(9)104)75(140-54(13)108)79(144-58(17)112)83(124)87-21-25-94(26-22-88-84(125)80(145-59(18)113)76(141-55(14)109)72(137-51(10)105)63(133-47(6)101)39-129-43(2)97)66(116)33-92(36-69(120)121)31-29-91(35-68(118)119)30-32-93(37-70(122)123)34-67(117)95(27-23-89-85(126)81(146-60(19)114)77(142-56(15)110)73(138-52(11)106)64(134-48(7)102)40-130-44(3)98)28-24-90-86(127)82(147-61(20)115)78(143-57(16)111)74(139-53(12)107)65(135-49(8)103)41-131-45(4)99;/h62-65,71-82H,21-41H2,1-20H3,(H,87,124)(H,88,125)(H,89,126)(H,90,127)(H,118,119)(H,120,121)(H,122,123);/q;+3/p-3. The van der Waals surface area contributed by atoms with Crippen molar-refractivity contribution < 1.29 is 289 Å². The molecule has 16 atom stereocenters. The zero-order chi connectivity index (χ0) is 113. The van der Waals surface area contributed by atoms with E-state index >= 15 is 9.59 Å². The van der Waals surface area contributed by atoms with Crippen molar-refractivity contribution in [2.75, 3.05) is 138 Å². The predicted molar refractivity (Wildman–Crippen MR) is 465 cm³/mol. The van der Waals surface area contributed by atoms with Crippen LogP contribution in [-0.2, 0) is 234 Å². The normalized spacial score (nSPS) is 14.0. The van der Waals surface area contributed by atoms with E-state index in [1.54, 1.807) is 0 Å². The second kappa shape index (κ2) is 70.6. The fourth-order valence-corrected chi connectivity index (χ4v) is 13.2. The Labute approximate surface area is 876 Å². The molecule has 61 nitrogen and oxygen atoms in total. The summed E-state index contributed by atoms with van der Waals surface area (Å²) in [7, 11) is 0. The van der Waals surface area contributed by atoms with Gasteiger partial charge in [0.2, 0.25) is 36.2 Å². The van der Waals surface area contributed by atoms with Gasteiger partial charge in [-0.3, -0.25) is 139 Å². The zero-order valence-electron chi connectivity index (χ0n) is 84.4. The van der Waals surface area contributed by atoms with Gasteiger partial charge < -0.3 is 156 Å². The Bertz CT molecular complexity index is 4160. The van der Waals surface area contributed by atoms with Gasteiger partial charge >= 0.3 is 159 Å². The van der Waals surface area contributed by atoms with E-state index in [2.05, 4.69) is 21.3 Å². The van der Waals surface area contributed by atoms with Crippen LogP contribution in [0.5, 0.6) is 0 Å². The first-order chi connectivity index (χ1) is 68.3. The quantitative estimate of drug-likeness (QED) is 0.0324. The van der Waals surface area contributed by atoms with E-state index in [9.17, 15) is 145 Å². The van der Waals surface area contributed by atoms with Gasteiger partial charge in [0.15, 0.2) is 73.2 Å². The molecule has 6 amide bonds. The van der Waals surface area contributed by atoms with Crippen molar-refractivity contribution in [2.24, 2.45) is 0 Å². The van der Waals surface area contributed by atoms with Gasteiger partial charge in [-0.25, -0.2) is 0 Å². The number of carbonyl (C=O) groups is 29. The van der Waals surface area contributed by atoms with Gasteiger partial charge in [-0.15, -0.1) is 0 Å². The molecule has 0 saturated carbocycles. The molecule has 0 aromatic heterocycles. The molecule has 0 aliphatic rings. The van der Waals surface area contributed by atoms with Crippen LogP contribution in [0.3, 0.4) is 0 Å². The fraction of sp³-hybridized carbons (Fsp3) is 0.663. The number of nitrogens with one attached hydrogen (secondary N) is 4. The fourth-order valence-electron chi connectivity index (χ4n) is 13.2. The summed E-state index contributed by atoms with van der Waals surface area (Å²) >= 11 is 0. The molecule has 0 rings (SSSR count). The van der Waals surface area contributed by atoms with E-state index in [4.69, 9.17) is 94.7 Å². The number of ether oxygens (including phenoxy) is 20. The van der Waals surface area contributed by atoms with Crippen LogP contribution in [0.15, 0.2) is 0 Å². The zero-order valence-corrected chi connectivity index (χ0v) is 86.7. The van der Waals surface area contributed by atoms with Crippen molar-refractivity contribution >= 4 is 173 Å². The molecule has 0 saturated heterocycles. The van der Waals surface area contributed by atoms with Gasteiger partial charge in [0.1, 0.15) is 26.4 Å². The molecule has 0 heterocycles. The first kappa shape index (κ1) is 136. The summed E-state index contributed by atoms with van der Waals surface area (Å²) in [4.78, 5) is 382. The topological polar surface area (TPSA) is 813 Å². The number of carboxylic acids is 3. The minimum absolute atomic E-state index is 0. The van der Waals surface area contributed by atoms with Gasteiger partial charge in [0.05, 0.1) is 31.0 Å². The number of amides is 6. The average Bonchev–Trinajstić information content (AvgIpc) is 0.828. The van der Waals surface area contributed by atoms with Crippen molar-refractivity contribution in [2.45, 2.75) is 236 Å². The van der Waals surface area contributed by atoms with Crippen LogP contribution in [0.2, 0.25) is 0 Å². The summed E-state index contributed by atoms with van der Waals surface area (Å²) in [5.74, 6) is -38.5. The summed E-state index contributed by atoms with van der Waals surface area (Å²) in [5.41, 5.74) is 0. The molecule has 1 radical (unpaired) electrons. The second-order valence-corrected chi connectivity index (χ2v) is 31.3. The third kappa shape index (κ3) is 58.8. The molecule has 831 valence electrons. The maximum Gasteiger partial charge on any atom is 3.00 e. The molecule has 0 spiro atoms. The van der Waals surface area contributed by atoms with E-state index < -0.39 is 408 Å². The molecule has 0 fully saturated rings. The van der Waals surface area contributed by atoms with E-state index in [1.807, 2.05) is 0 Å². The Balaban J connectivity index is 0. The summed E-state index contributed by atoms with van der Waals surface area (Å²) in [5, 5.41) is 47.1. The Morgan fingerprint density at radius 2 is 0.351 bits per heavy atom. The third-order valence-electron chi connectivity index (χ3n) is 18.3. The molecule has 0 aliphatic carbocycles. The smallest absolute Gasteiger partial charge is 0.549 e. The summed E-state index contributed by atoms with van der Waals surface area (Å²) in [6, 6.07) is 0. The molecule has 0 aliphatic heterocycles. The van der Waals surface area contributed by atoms with Crippen LogP contribution < -0.4 is 36.6 Å². The predicted octanol–water partition coefficient (Wildman–Crippen LogP) is -11.6. The van der Waals surface area contributed by atoms with Crippen molar-refractivity contribution in [3.05, 3.63) is 0 Å². The van der Waals surface area contributed by atoms with Crippen LogP contribution in [0.25, 0.3) is 0 Å². The van der Waals surface area contributed by atoms with Crippen LogP contribution in [-0.4, -0.2) is 433 Å². The summed E-state index contributed by atoms with van der Waals surface area (Å²) in [6.45, 7) is -4.01. The second-order valence-electron chi connectivity index (χ2n) is 31.3. The summed E-state index contributed by atoms with van der Waals surface area (Å²) in [6.07, 6.45) is -36.0. The average molecular weight is 2270 g/mol. The number of hydrogen-bond donors (Lipinski definition) is 4. The van der Waals surface area contributed by atoms with Crippen molar-refractivity contribution in [1.82, 2.24) is 45.8 Å². The Morgan fingerprint density at radius 1 is 0.196 bits per heavy atom. The Hall–Kier alpha value is -14.2. The monoisotopic (exact) mass is 2270 g/mol. The van der Waals surface area contributed by atoms with Crippen LogP contribution in [0.1, 0.15) is 138 Å². The first-order valence-electron chi connectivity index (χ1n) is 44.1. The van der Waals surface area contributed by atoms with Crippen LogP contribution in [0, 0.1) is 39.9 Å². The van der Waals surface area contributed by atoms with E-state index in [1.165, 1.54) is 0 Å². The largest absolute Gasteiger partial charge is 3.00 e. The van der Waals surface area contributed by atoms with Crippen LogP contribution >= 0.6 is 0 Å². The van der Waals surface area contributed by atoms with Crippen LogP contribution in [0.4, 0.5) is 0 Å². The minimum atomic E-state index is -2.48. The molecule has 0 aromatic carbocycles. The first-order valence-corrected chi connectivity index (χ1v) is 44.1. The third-order valence-corrected chi connectivity index (χ3v) is 18.3. The number of carboxylic acid groups (broad SMARTS) is 3. The molecule has 16 unspecified atom stereocenters. The number of hydrogen-bond acceptors (Lipinski definition) is 55. The molecule has 4 N–H and O–H groups in total. The molecule has 0 aromatic rings. The van der Waals surface area contributed by atoms with Gasteiger partial charge in [0, 0.05) is 237 Å². The summed E-state index contributed by atoms with van der Waals surface area (Å²) < 4.78 is 105. The maximum absolute atomic E-state index is 15.0. The maximum atomic E-state index is 15.0. The molecular weight excluding hydrogens is 2150 g/mol. The molecular formula is C86H122GdN9O52. The van der Waals surface area contributed by atoms with E-state index in [0.29, 0.717) is 0 Å². The SMILES string of the molecule is CC(=O)OCC(OC(C)=O)C(OC(C)=O)C(OC(C)=O)C(OC(C)=O)C(=O)NCCN(CCNC(=O)C(OC(C)=O)C(OC(C)=O)C(OC(C)=O)C(COC(C)=O)OC(C)=O)C(=O)CN(CCN(CCN(CC(=O)[O-])CC(=O)N(CCNC(=O)C(OC(C)=O)C(OC(C)=O)C(OC(C)=O)C(COC(C)=O)OC(C)=O)CCNC(=O)C(OC(C)=O)C(OC(C)=O)C(OC(C)=O)C(COC(C)=O)OC(C)=O)CC(=O)[O-])CC(=O)[O-].[Gd+3]. The van der Waals surface area contributed by atoms with E-state index in [-0.39, 0.29) is 39.9 Å². The van der Waals surface area contributed by atoms with Crippen molar-refractivity contribution in [3.8, 4) is 0 Å². The molecule has 0 bridgehead atoms. The Morgan fingerprint density at radius 3 is 0.507 bits per heavy atom. The Kier molecular flexibility index (Phi) is 64.8. The molecule has 148 heavy (non-hydrogen) atoms. The number of aliphatic carboxylic acids is 3. The van der Waals surface area contributed by atoms with Gasteiger partial charge in [-0.05, 0) is 0 Å². The van der Waals surface area contributed by atoms with Gasteiger partial charge in [-0.2, -0.15) is 0 Å². The number of rotatable bonds is 68. The molecule has 62 heteroatoms.